The first-order chi connectivity index (χ1) is 14.1. The van der Waals surface area contributed by atoms with Crippen molar-refractivity contribution in [3.63, 3.8) is 0 Å². The molecule has 2 rings (SSSR count). The monoisotopic (exact) mass is 505 g/mol. The lowest BCUT2D eigenvalue weighted by molar-refractivity contribution is -0.0237. The number of hydrogen-bond acceptors (Lipinski definition) is 10. The predicted octanol–water partition coefficient (Wildman–Crippen LogP) is 0.877. The zero-order valence-electron chi connectivity index (χ0n) is 15.9. The zero-order valence-corrected chi connectivity index (χ0v) is 18.6. The minimum Gasteiger partial charge on any atom is -0.352 e. The molecule has 1 aromatic heterocycles. The highest BCUT2D eigenvalue weighted by Gasteiger charge is 2.41. The van der Waals surface area contributed by atoms with E-state index >= 15 is 0 Å². The number of nitrogens with zero attached hydrogens (tertiary/aromatic N) is 4. The molecule has 0 bridgehead atoms. The molecular weight excluding hydrogens is 487 g/mol. The summed E-state index contributed by atoms with van der Waals surface area (Å²) in [5, 5.41) is 3.50. The molecule has 4 N–H and O–H groups in total. The quantitative estimate of drug-likeness (QED) is 0.158. The second-order valence-corrected chi connectivity index (χ2v) is 11.3. The van der Waals surface area contributed by atoms with Crippen molar-refractivity contribution in [3.8, 4) is 0 Å². The predicted molar refractivity (Wildman–Crippen MR) is 101 cm³/mol. The average Bonchev–Trinajstić information content (AvgIpc) is 2.96. The van der Waals surface area contributed by atoms with Gasteiger partial charge in [-0.25, -0.2) is 18.2 Å². The van der Waals surface area contributed by atoms with Gasteiger partial charge >= 0.3 is 28.9 Å². The van der Waals surface area contributed by atoms with Crippen LogP contribution in [0, 0.1) is 6.92 Å². The van der Waals surface area contributed by atoms with E-state index in [0.29, 0.717) is 0 Å². The Morgan fingerprint density at radius 1 is 1.32 bits per heavy atom. The Labute approximate surface area is 172 Å². The first-order valence-corrected chi connectivity index (χ1v) is 13.2. The van der Waals surface area contributed by atoms with Crippen molar-refractivity contribution in [3.05, 3.63) is 43.0 Å². The van der Waals surface area contributed by atoms with Crippen molar-refractivity contribution < 1.29 is 46.3 Å². The van der Waals surface area contributed by atoms with Crippen molar-refractivity contribution in [2.75, 3.05) is 13.3 Å². The average molecular weight is 505 g/mol. The fourth-order valence-electron chi connectivity index (χ4n) is 2.59. The summed E-state index contributed by atoms with van der Waals surface area (Å²) >= 11 is 0. The van der Waals surface area contributed by atoms with E-state index < -0.39 is 59.5 Å². The van der Waals surface area contributed by atoms with Gasteiger partial charge in [0, 0.05) is 29.8 Å². The molecule has 5 atom stereocenters. The first kappa shape index (κ1) is 25.7. The normalized spacial score (nSPS) is 25.4. The molecule has 0 spiro atoms. The second-order valence-electron chi connectivity index (χ2n) is 6.31. The fraction of sp³-hybridized carbons (Fsp3) is 0.636. The number of ether oxygens (including phenoxy) is 1. The van der Waals surface area contributed by atoms with Crippen LogP contribution in [0.3, 0.4) is 0 Å². The zero-order chi connectivity index (χ0) is 23.6. The van der Waals surface area contributed by atoms with Crippen molar-refractivity contribution in [1.82, 2.24) is 9.55 Å². The van der Waals surface area contributed by atoms with Crippen molar-refractivity contribution >= 4 is 23.2 Å². The van der Waals surface area contributed by atoms with Crippen molar-refractivity contribution in [1.29, 1.82) is 0 Å². The first-order valence-electron chi connectivity index (χ1n) is 8.17. The Kier molecular flexibility index (Phi) is 7.85. The molecule has 0 amide bonds. The van der Waals surface area contributed by atoms with Crippen LogP contribution in [0.2, 0.25) is 0 Å². The van der Waals surface area contributed by atoms with E-state index in [9.17, 15) is 28.2 Å². The SMILES string of the molecule is Cc1cn([C@H]2C[C@H](N=[N+]=[N-])[C@@H](COP(C)(=O)OP(=O)(O)OP(=O)(O)O)O2)c(=O)[nH]c1=O. The number of H-pyrrole nitrogens is 1. The maximum atomic E-state index is 12.3. The van der Waals surface area contributed by atoms with Crippen LogP contribution in [0.4, 0.5) is 0 Å². The summed E-state index contributed by atoms with van der Waals surface area (Å²) in [6.45, 7) is 1.55. The molecule has 0 aliphatic carbocycles. The molecule has 1 aliphatic rings. The van der Waals surface area contributed by atoms with Gasteiger partial charge in [0.15, 0.2) is 0 Å². The number of nitrogens with one attached hydrogen (secondary N) is 1. The molecule has 20 heteroatoms. The largest absolute Gasteiger partial charge is 0.488 e. The van der Waals surface area contributed by atoms with E-state index in [1.54, 1.807) is 0 Å². The lowest BCUT2D eigenvalue weighted by Gasteiger charge is -2.21. The third-order valence-corrected chi connectivity index (χ3v) is 8.10. The van der Waals surface area contributed by atoms with Gasteiger partial charge in [0.1, 0.15) is 6.23 Å². The van der Waals surface area contributed by atoms with Gasteiger partial charge in [-0.2, -0.15) is 4.31 Å². The highest BCUT2D eigenvalue weighted by Crippen LogP contribution is 2.66. The van der Waals surface area contributed by atoms with E-state index in [-0.39, 0.29) is 12.0 Å². The molecule has 2 unspecified atom stereocenters. The van der Waals surface area contributed by atoms with Gasteiger partial charge in [0.2, 0.25) is 0 Å². The number of aryl methyl sites for hydroxylation is 1. The lowest BCUT2D eigenvalue weighted by atomic mass is 10.1. The van der Waals surface area contributed by atoms with Gasteiger partial charge in [0.25, 0.3) is 5.56 Å². The molecule has 2 heterocycles. The van der Waals surface area contributed by atoms with Crippen molar-refractivity contribution in [2.45, 2.75) is 31.7 Å². The number of aromatic nitrogens is 2. The van der Waals surface area contributed by atoms with Crippen LogP contribution >= 0.6 is 23.2 Å². The van der Waals surface area contributed by atoms with E-state index in [4.69, 9.17) is 24.6 Å². The third-order valence-electron chi connectivity index (χ3n) is 3.79. The standard InChI is InChI=1S/C11H18N5O12P3/c1-6-4-16(11(18)13-10(6)17)9-3-7(14-15-12)8(26-9)5-25-29(2,19)27-31(23,24)28-30(20,21)22/h4,7-9H,3,5H2,1-2H3,(H,23,24)(H,13,17,18)(H2,20,21,22)/t7-,8+,9+,29?/m0/s1. The number of azide groups is 1. The highest BCUT2D eigenvalue weighted by atomic mass is 31.3. The van der Waals surface area contributed by atoms with Gasteiger partial charge in [-0.1, -0.05) is 5.11 Å². The molecule has 0 aromatic carbocycles. The van der Waals surface area contributed by atoms with Gasteiger partial charge < -0.3 is 23.9 Å². The highest BCUT2D eigenvalue weighted by molar-refractivity contribution is 7.68. The Hall–Kier alpha value is -1.60. The maximum absolute atomic E-state index is 12.3. The van der Waals surface area contributed by atoms with Crippen LogP contribution in [0.25, 0.3) is 10.4 Å². The van der Waals surface area contributed by atoms with Gasteiger partial charge in [-0.3, -0.25) is 18.9 Å². The third kappa shape index (κ3) is 7.49. The summed E-state index contributed by atoms with van der Waals surface area (Å²) in [4.78, 5) is 54.7. The Bertz CT molecular complexity index is 1140. The van der Waals surface area contributed by atoms with Crippen LogP contribution in [0.5, 0.6) is 0 Å². The molecule has 0 saturated carbocycles. The minimum absolute atomic E-state index is 0.0296. The Balaban J connectivity index is 2.14. The molecule has 1 aromatic rings. The van der Waals surface area contributed by atoms with Crippen LogP contribution in [0.1, 0.15) is 18.2 Å². The summed E-state index contributed by atoms with van der Waals surface area (Å²) in [5.74, 6) is 0. The Morgan fingerprint density at radius 2 is 1.97 bits per heavy atom. The number of aromatic amines is 1. The minimum atomic E-state index is -5.45. The summed E-state index contributed by atoms with van der Waals surface area (Å²) in [6, 6.07) is -0.929. The smallest absolute Gasteiger partial charge is 0.352 e. The van der Waals surface area contributed by atoms with Crippen LogP contribution in [-0.2, 0) is 31.6 Å². The summed E-state index contributed by atoms with van der Waals surface area (Å²) in [6.07, 6.45) is -0.890. The number of phosphoric acid groups is 2. The summed E-state index contributed by atoms with van der Waals surface area (Å²) in [5.41, 5.74) is 7.55. The molecule has 1 fully saturated rings. The van der Waals surface area contributed by atoms with E-state index in [1.807, 2.05) is 0 Å². The molecular formula is C11H18N5O12P3. The van der Waals surface area contributed by atoms with Gasteiger partial charge in [-0.05, 0) is 12.5 Å². The van der Waals surface area contributed by atoms with Crippen LogP contribution in [0.15, 0.2) is 20.9 Å². The molecule has 31 heavy (non-hydrogen) atoms. The maximum Gasteiger partial charge on any atom is 0.488 e. The fourth-order valence-corrected chi connectivity index (χ4v) is 6.16. The second kappa shape index (κ2) is 9.49. The molecule has 17 nitrogen and oxygen atoms in total. The summed E-state index contributed by atoms with van der Waals surface area (Å²) < 4.78 is 53.8. The van der Waals surface area contributed by atoms with Gasteiger partial charge in [-0.15, -0.1) is 0 Å². The van der Waals surface area contributed by atoms with E-state index in [0.717, 1.165) is 11.2 Å². The lowest BCUT2D eigenvalue weighted by Crippen LogP contribution is -2.33. The number of rotatable bonds is 9. The Morgan fingerprint density at radius 3 is 2.55 bits per heavy atom. The topological polar surface area (TPSA) is 252 Å². The summed E-state index contributed by atoms with van der Waals surface area (Å²) in [7, 11) is -15.3. The van der Waals surface area contributed by atoms with E-state index in [1.165, 1.54) is 13.1 Å². The van der Waals surface area contributed by atoms with Crippen LogP contribution in [-0.4, -0.2) is 49.6 Å². The number of hydrogen-bond donors (Lipinski definition) is 4. The van der Waals surface area contributed by atoms with Gasteiger partial charge in [0.05, 0.1) is 18.8 Å². The van der Waals surface area contributed by atoms with E-state index in [2.05, 4.69) is 23.6 Å². The van der Waals surface area contributed by atoms with Crippen molar-refractivity contribution in [2.24, 2.45) is 5.11 Å². The van der Waals surface area contributed by atoms with Crippen LogP contribution < -0.4 is 11.2 Å². The molecule has 1 aliphatic heterocycles. The molecule has 1 saturated heterocycles. The molecule has 0 radical (unpaired) electrons. The molecule has 174 valence electrons.